The highest BCUT2D eigenvalue weighted by Gasteiger charge is 2.41. The molecule has 3 heterocycles. The number of carbonyl (C=O) groups excluding carboxylic acids is 1. The number of amides is 2. The summed E-state index contributed by atoms with van der Waals surface area (Å²) in [4.78, 5) is 32.8. The lowest BCUT2D eigenvalue weighted by Gasteiger charge is -2.32. The monoisotopic (exact) mass is 320 g/mol. The molecule has 2 saturated heterocycles. The van der Waals surface area contributed by atoms with Gasteiger partial charge in [-0.25, -0.2) is 19.6 Å². The second kappa shape index (κ2) is 5.68. The summed E-state index contributed by atoms with van der Waals surface area (Å²) < 4.78 is 5.43. The standard InChI is InChI=1S/C15H20N4O4/c1-9-16-7-11(15(2)8-17-13(20)23-15)12(18-9)10-3-5-19(6-4-10)14(21)22/h7,10H,3-6,8H2,1-2H3,(H,17,20)(H,21,22). The van der Waals surface area contributed by atoms with Crippen molar-refractivity contribution in [2.24, 2.45) is 0 Å². The zero-order chi connectivity index (χ0) is 16.6. The number of hydrogen-bond acceptors (Lipinski definition) is 5. The van der Waals surface area contributed by atoms with Crippen LogP contribution in [0.15, 0.2) is 6.20 Å². The van der Waals surface area contributed by atoms with Gasteiger partial charge in [0, 0.05) is 30.8 Å². The van der Waals surface area contributed by atoms with Crippen molar-refractivity contribution in [3.05, 3.63) is 23.3 Å². The summed E-state index contributed by atoms with van der Waals surface area (Å²) in [5.74, 6) is 0.795. The molecule has 3 rings (SSSR count). The summed E-state index contributed by atoms with van der Waals surface area (Å²) in [6, 6.07) is 0. The van der Waals surface area contributed by atoms with Crippen molar-refractivity contribution in [1.29, 1.82) is 0 Å². The quantitative estimate of drug-likeness (QED) is 0.857. The molecule has 1 atom stereocenters. The van der Waals surface area contributed by atoms with Crippen molar-refractivity contribution >= 4 is 12.2 Å². The maximum atomic E-state index is 11.5. The third kappa shape index (κ3) is 2.93. The van der Waals surface area contributed by atoms with Gasteiger partial charge >= 0.3 is 12.2 Å². The van der Waals surface area contributed by atoms with Crippen LogP contribution in [0.1, 0.15) is 42.8 Å². The lowest BCUT2D eigenvalue weighted by molar-refractivity contribution is 0.0680. The number of nitrogens with one attached hydrogen (secondary N) is 1. The van der Waals surface area contributed by atoms with E-state index >= 15 is 0 Å². The van der Waals surface area contributed by atoms with Gasteiger partial charge in [0.1, 0.15) is 5.82 Å². The zero-order valence-corrected chi connectivity index (χ0v) is 13.2. The first-order valence-electron chi connectivity index (χ1n) is 7.68. The normalized spacial score (nSPS) is 25.1. The Balaban J connectivity index is 1.89. The van der Waals surface area contributed by atoms with E-state index in [4.69, 9.17) is 9.84 Å². The molecule has 124 valence electrons. The number of aromatic nitrogens is 2. The highest BCUT2D eigenvalue weighted by molar-refractivity contribution is 5.70. The van der Waals surface area contributed by atoms with Gasteiger partial charge in [-0.2, -0.15) is 0 Å². The number of rotatable bonds is 2. The molecule has 2 amide bonds. The number of hydrogen-bond donors (Lipinski definition) is 2. The average molecular weight is 320 g/mol. The molecular weight excluding hydrogens is 300 g/mol. The Morgan fingerprint density at radius 1 is 1.48 bits per heavy atom. The van der Waals surface area contributed by atoms with Gasteiger partial charge in [0.25, 0.3) is 0 Å². The van der Waals surface area contributed by atoms with E-state index in [0.717, 1.165) is 11.3 Å². The third-order valence-electron chi connectivity index (χ3n) is 4.55. The van der Waals surface area contributed by atoms with E-state index in [-0.39, 0.29) is 5.92 Å². The summed E-state index contributed by atoms with van der Waals surface area (Å²) in [5, 5.41) is 11.7. The lowest BCUT2D eigenvalue weighted by Crippen LogP contribution is -2.38. The highest BCUT2D eigenvalue weighted by atomic mass is 16.6. The predicted octanol–water partition coefficient (Wildman–Crippen LogP) is 1.60. The molecule has 2 N–H and O–H groups in total. The Labute approximate surface area is 133 Å². The molecule has 0 radical (unpaired) electrons. The van der Waals surface area contributed by atoms with E-state index in [1.165, 1.54) is 4.90 Å². The molecule has 23 heavy (non-hydrogen) atoms. The molecule has 0 spiro atoms. The Kier molecular flexibility index (Phi) is 3.83. The van der Waals surface area contributed by atoms with Crippen molar-refractivity contribution in [2.75, 3.05) is 19.6 Å². The minimum absolute atomic E-state index is 0.137. The summed E-state index contributed by atoms with van der Waals surface area (Å²) in [7, 11) is 0. The Morgan fingerprint density at radius 2 is 2.17 bits per heavy atom. The largest absolute Gasteiger partial charge is 0.465 e. The number of carbonyl (C=O) groups is 2. The summed E-state index contributed by atoms with van der Waals surface area (Å²) in [5.41, 5.74) is 0.876. The number of likely N-dealkylation sites (tertiary alicyclic amines) is 1. The SMILES string of the molecule is Cc1ncc(C2(C)CNC(=O)O2)c(C2CCN(C(=O)O)CC2)n1. The molecule has 0 aromatic carbocycles. The molecular formula is C15H20N4O4. The van der Waals surface area contributed by atoms with Crippen molar-refractivity contribution in [3.63, 3.8) is 0 Å². The molecule has 1 aromatic heterocycles. The van der Waals surface area contributed by atoms with Crippen LogP contribution in [0.3, 0.4) is 0 Å². The Bertz CT molecular complexity index is 642. The number of piperidine rings is 1. The van der Waals surface area contributed by atoms with Gasteiger partial charge in [-0.1, -0.05) is 0 Å². The molecule has 2 fully saturated rings. The molecule has 1 unspecified atom stereocenters. The van der Waals surface area contributed by atoms with Gasteiger partial charge in [-0.15, -0.1) is 0 Å². The topological polar surface area (TPSA) is 105 Å². The van der Waals surface area contributed by atoms with E-state index < -0.39 is 17.8 Å². The van der Waals surface area contributed by atoms with Gasteiger partial charge < -0.3 is 20.1 Å². The Morgan fingerprint density at radius 3 is 2.74 bits per heavy atom. The van der Waals surface area contributed by atoms with Crippen LogP contribution < -0.4 is 5.32 Å². The molecule has 8 heteroatoms. The van der Waals surface area contributed by atoms with Crippen molar-refractivity contribution in [2.45, 2.75) is 38.2 Å². The molecule has 0 saturated carbocycles. The Hall–Kier alpha value is -2.38. The second-order valence-electron chi connectivity index (χ2n) is 6.23. The van der Waals surface area contributed by atoms with E-state index in [1.54, 1.807) is 6.20 Å². The lowest BCUT2D eigenvalue weighted by atomic mass is 9.85. The van der Waals surface area contributed by atoms with E-state index in [9.17, 15) is 9.59 Å². The summed E-state index contributed by atoms with van der Waals surface area (Å²) >= 11 is 0. The van der Waals surface area contributed by atoms with Crippen LogP contribution in [0.25, 0.3) is 0 Å². The number of cyclic esters (lactones) is 1. The molecule has 0 aliphatic carbocycles. The van der Waals surface area contributed by atoms with E-state index in [0.29, 0.717) is 38.3 Å². The van der Waals surface area contributed by atoms with Gasteiger partial charge in [0.2, 0.25) is 0 Å². The summed E-state index contributed by atoms with van der Waals surface area (Å²) in [6.07, 6.45) is 1.80. The van der Waals surface area contributed by atoms with Gasteiger partial charge in [0.05, 0.1) is 12.2 Å². The van der Waals surface area contributed by atoms with Crippen LogP contribution in [0, 0.1) is 6.92 Å². The average Bonchev–Trinajstić information content (AvgIpc) is 2.87. The number of aryl methyl sites for hydroxylation is 1. The number of ether oxygens (including phenoxy) is 1. The fraction of sp³-hybridized carbons (Fsp3) is 0.600. The van der Waals surface area contributed by atoms with Crippen LogP contribution in [0.5, 0.6) is 0 Å². The van der Waals surface area contributed by atoms with Crippen LogP contribution in [-0.4, -0.2) is 51.8 Å². The smallest absolute Gasteiger partial charge is 0.408 e. The minimum Gasteiger partial charge on any atom is -0.465 e. The number of nitrogens with zero attached hydrogens (tertiary/aromatic N) is 3. The second-order valence-corrected chi connectivity index (χ2v) is 6.23. The van der Waals surface area contributed by atoms with Crippen LogP contribution in [0.4, 0.5) is 9.59 Å². The maximum Gasteiger partial charge on any atom is 0.408 e. The molecule has 2 aliphatic rings. The highest BCUT2D eigenvalue weighted by Crippen LogP contribution is 2.36. The van der Waals surface area contributed by atoms with Crippen LogP contribution in [-0.2, 0) is 10.3 Å². The number of alkyl carbamates (subject to hydrolysis) is 1. The van der Waals surface area contributed by atoms with Crippen LogP contribution >= 0.6 is 0 Å². The molecule has 8 nitrogen and oxygen atoms in total. The fourth-order valence-electron chi connectivity index (χ4n) is 3.22. The maximum absolute atomic E-state index is 11.5. The first-order chi connectivity index (χ1) is 10.9. The molecule has 2 aliphatic heterocycles. The van der Waals surface area contributed by atoms with Crippen molar-refractivity contribution < 1.29 is 19.4 Å². The summed E-state index contributed by atoms with van der Waals surface area (Å²) in [6.45, 7) is 5.00. The first kappa shape index (κ1) is 15.5. The fourth-order valence-corrected chi connectivity index (χ4v) is 3.22. The van der Waals surface area contributed by atoms with Gasteiger partial charge in [0.15, 0.2) is 5.60 Å². The van der Waals surface area contributed by atoms with Crippen molar-refractivity contribution in [1.82, 2.24) is 20.2 Å². The number of carboxylic acid groups (broad SMARTS) is 1. The predicted molar refractivity (Wildman–Crippen MR) is 80.2 cm³/mol. The first-order valence-corrected chi connectivity index (χ1v) is 7.68. The zero-order valence-electron chi connectivity index (χ0n) is 13.2. The molecule has 0 bridgehead atoms. The van der Waals surface area contributed by atoms with Crippen LogP contribution in [0.2, 0.25) is 0 Å². The van der Waals surface area contributed by atoms with E-state index in [2.05, 4.69) is 15.3 Å². The van der Waals surface area contributed by atoms with E-state index in [1.807, 2.05) is 13.8 Å². The minimum atomic E-state index is -0.886. The third-order valence-corrected chi connectivity index (χ3v) is 4.55. The van der Waals surface area contributed by atoms with Gasteiger partial charge in [-0.3, -0.25) is 0 Å². The molecule has 1 aromatic rings. The van der Waals surface area contributed by atoms with Crippen molar-refractivity contribution in [3.8, 4) is 0 Å². The van der Waals surface area contributed by atoms with Gasteiger partial charge in [-0.05, 0) is 26.7 Å².